The van der Waals surface area contributed by atoms with Crippen LogP contribution in [-0.4, -0.2) is 38.4 Å². The van der Waals surface area contributed by atoms with Gasteiger partial charge in [0.2, 0.25) is 0 Å². The minimum absolute atomic E-state index is 0.0206. The zero-order valence-electron chi connectivity index (χ0n) is 13.0. The minimum atomic E-state index is -1.62. The van der Waals surface area contributed by atoms with Crippen molar-refractivity contribution in [2.75, 3.05) is 6.61 Å². The third-order valence-corrected chi connectivity index (χ3v) is 3.29. The van der Waals surface area contributed by atoms with Gasteiger partial charge in [0.25, 0.3) is 0 Å². The summed E-state index contributed by atoms with van der Waals surface area (Å²) in [7, 11) is 0. The van der Waals surface area contributed by atoms with E-state index < -0.39 is 17.4 Å². The zero-order valence-corrected chi connectivity index (χ0v) is 13.0. The van der Waals surface area contributed by atoms with E-state index in [-0.39, 0.29) is 25.4 Å². The highest BCUT2D eigenvalue weighted by Gasteiger charge is 2.49. The molecule has 0 saturated carbocycles. The normalized spacial score (nSPS) is 14.0. The van der Waals surface area contributed by atoms with Crippen LogP contribution in [0.3, 0.4) is 0 Å². The summed E-state index contributed by atoms with van der Waals surface area (Å²) in [5.41, 5.74) is -1.62. The van der Waals surface area contributed by atoms with E-state index in [1.165, 1.54) is 6.33 Å². The lowest BCUT2D eigenvalue weighted by Gasteiger charge is -2.28. The summed E-state index contributed by atoms with van der Waals surface area (Å²) in [4.78, 5) is 28.2. The lowest BCUT2D eigenvalue weighted by atomic mass is 9.77. The molecule has 118 valence electrons. The van der Waals surface area contributed by atoms with Crippen LogP contribution < -0.4 is 0 Å². The van der Waals surface area contributed by atoms with Gasteiger partial charge in [-0.05, 0) is 26.2 Å². The van der Waals surface area contributed by atoms with Crippen LogP contribution >= 0.6 is 0 Å². The van der Waals surface area contributed by atoms with E-state index in [9.17, 15) is 14.7 Å². The van der Waals surface area contributed by atoms with Crippen LogP contribution in [0, 0.1) is 11.3 Å². The van der Waals surface area contributed by atoms with Crippen molar-refractivity contribution in [1.29, 1.82) is 0 Å². The standard InChI is InChI=1S/C14H23N3O4/c1-5-17-11(15-9-16-17)8-14(12(18)19,7-10(3)4)13(20)21-6-2/h9-10H,5-8H2,1-4H3,(H,18,19). The van der Waals surface area contributed by atoms with E-state index >= 15 is 0 Å². The Morgan fingerprint density at radius 3 is 2.57 bits per heavy atom. The van der Waals surface area contributed by atoms with Crippen molar-refractivity contribution < 1.29 is 19.4 Å². The number of aromatic nitrogens is 3. The van der Waals surface area contributed by atoms with Crippen molar-refractivity contribution in [3.8, 4) is 0 Å². The maximum atomic E-state index is 12.3. The first-order chi connectivity index (χ1) is 9.87. The molecule has 1 atom stereocenters. The van der Waals surface area contributed by atoms with Gasteiger partial charge in [0.1, 0.15) is 12.2 Å². The van der Waals surface area contributed by atoms with Gasteiger partial charge < -0.3 is 9.84 Å². The number of hydrogen-bond donors (Lipinski definition) is 1. The Kier molecular flexibility index (Phi) is 5.87. The summed E-state index contributed by atoms with van der Waals surface area (Å²) in [6.45, 7) is 8.01. The van der Waals surface area contributed by atoms with Gasteiger partial charge in [0.15, 0.2) is 5.41 Å². The minimum Gasteiger partial charge on any atom is -0.480 e. The summed E-state index contributed by atoms with van der Waals surface area (Å²) in [5.74, 6) is -1.38. The van der Waals surface area contributed by atoms with Crippen LogP contribution in [0.2, 0.25) is 0 Å². The van der Waals surface area contributed by atoms with Crippen molar-refractivity contribution in [3.05, 3.63) is 12.2 Å². The number of ether oxygens (including phenoxy) is 1. The molecule has 1 heterocycles. The molecule has 0 aliphatic heterocycles. The Labute approximate surface area is 124 Å². The molecule has 7 heteroatoms. The summed E-state index contributed by atoms with van der Waals surface area (Å²) < 4.78 is 6.61. The van der Waals surface area contributed by atoms with E-state index in [0.717, 1.165) is 0 Å². The number of nitrogens with zero attached hydrogens (tertiary/aromatic N) is 3. The van der Waals surface area contributed by atoms with Gasteiger partial charge in [-0.3, -0.25) is 14.3 Å². The number of hydrogen-bond acceptors (Lipinski definition) is 5. The van der Waals surface area contributed by atoms with Crippen LogP contribution in [0.25, 0.3) is 0 Å². The third-order valence-electron chi connectivity index (χ3n) is 3.29. The van der Waals surface area contributed by atoms with Gasteiger partial charge in [-0.25, -0.2) is 4.98 Å². The average molecular weight is 297 g/mol. The predicted molar refractivity (Wildman–Crippen MR) is 75.6 cm³/mol. The van der Waals surface area contributed by atoms with Gasteiger partial charge in [-0.15, -0.1) is 0 Å². The Hall–Kier alpha value is -1.92. The second-order valence-electron chi connectivity index (χ2n) is 5.37. The lowest BCUT2D eigenvalue weighted by Crippen LogP contribution is -2.44. The van der Waals surface area contributed by atoms with E-state index in [4.69, 9.17) is 4.74 Å². The third kappa shape index (κ3) is 3.80. The highest BCUT2D eigenvalue weighted by molar-refractivity contribution is 5.99. The number of carboxylic acids is 1. The van der Waals surface area contributed by atoms with Crippen molar-refractivity contribution in [2.24, 2.45) is 11.3 Å². The van der Waals surface area contributed by atoms with E-state index in [0.29, 0.717) is 12.4 Å². The van der Waals surface area contributed by atoms with Gasteiger partial charge in [-0.2, -0.15) is 5.10 Å². The Morgan fingerprint density at radius 1 is 1.43 bits per heavy atom. The van der Waals surface area contributed by atoms with Gasteiger partial charge in [0, 0.05) is 13.0 Å². The molecular formula is C14H23N3O4. The number of aliphatic carboxylic acids is 1. The second-order valence-corrected chi connectivity index (χ2v) is 5.37. The molecule has 0 aromatic carbocycles. The van der Waals surface area contributed by atoms with Crippen molar-refractivity contribution in [3.63, 3.8) is 0 Å². The molecule has 0 fully saturated rings. The number of rotatable bonds is 8. The summed E-state index contributed by atoms with van der Waals surface area (Å²) in [6, 6.07) is 0. The first-order valence-corrected chi connectivity index (χ1v) is 7.14. The molecule has 1 unspecified atom stereocenters. The number of esters is 1. The van der Waals surface area contributed by atoms with Crippen LogP contribution in [0.1, 0.15) is 39.9 Å². The maximum Gasteiger partial charge on any atom is 0.323 e. The van der Waals surface area contributed by atoms with Crippen LogP contribution in [0.15, 0.2) is 6.33 Å². The highest BCUT2D eigenvalue weighted by atomic mass is 16.5. The molecule has 0 aliphatic carbocycles. The smallest absolute Gasteiger partial charge is 0.323 e. The van der Waals surface area contributed by atoms with Crippen molar-refractivity contribution >= 4 is 11.9 Å². The molecule has 1 rings (SSSR count). The van der Waals surface area contributed by atoms with Crippen molar-refractivity contribution in [1.82, 2.24) is 14.8 Å². The Balaban J connectivity index is 3.21. The van der Waals surface area contributed by atoms with Crippen LogP contribution in [-0.2, 0) is 27.3 Å². The monoisotopic (exact) mass is 297 g/mol. The Bertz CT molecular complexity index is 498. The number of carbonyl (C=O) groups is 2. The molecule has 0 spiro atoms. The molecule has 7 nitrogen and oxygen atoms in total. The molecule has 1 aromatic heterocycles. The van der Waals surface area contributed by atoms with Gasteiger partial charge in [-0.1, -0.05) is 13.8 Å². The number of aryl methyl sites for hydroxylation is 1. The van der Waals surface area contributed by atoms with E-state index in [2.05, 4.69) is 10.1 Å². The molecule has 21 heavy (non-hydrogen) atoms. The highest BCUT2D eigenvalue weighted by Crippen LogP contribution is 2.32. The molecular weight excluding hydrogens is 274 g/mol. The predicted octanol–water partition coefficient (Wildman–Crippen LogP) is 1.52. The average Bonchev–Trinajstić information content (AvgIpc) is 2.84. The zero-order chi connectivity index (χ0) is 16.0. The molecule has 1 N–H and O–H groups in total. The molecule has 0 bridgehead atoms. The van der Waals surface area contributed by atoms with Gasteiger partial charge >= 0.3 is 11.9 Å². The largest absolute Gasteiger partial charge is 0.480 e. The SMILES string of the molecule is CCOC(=O)C(Cc1ncnn1CC)(CC(C)C)C(=O)O. The van der Waals surface area contributed by atoms with Crippen LogP contribution in [0.4, 0.5) is 0 Å². The summed E-state index contributed by atoms with van der Waals surface area (Å²) in [5, 5.41) is 13.7. The molecule has 0 radical (unpaired) electrons. The first kappa shape index (κ1) is 17.1. The number of carboxylic acid groups (broad SMARTS) is 1. The fourth-order valence-corrected chi connectivity index (χ4v) is 2.40. The quantitative estimate of drug-likeness (QED) is 0.577. The van der Waals surface area contributed by atoms with E-state index in [1.54, 1.807) is 11.6 Å². The first-order valence-electron chi connectivity index (χ1n) is 7.14. The fraction of sp³-hybridized carbons (Fsp3) is 0.714. The molecule has 1 aromatic rings. The van der Waals surface area contributed by atoms with E-state index in [1.807, 2.05) is 20.8 Å². The Morgan fingerprint density at radius 2 is 2.10 bits per heavy atom. The molecule has 0 amide bonds. The topological polar surface area (TPSA) is 94.3 Å². The summed E-state index contributed by atoms with van der Waals surface area (Å²) >= 11 is 0. The lowest BCUT2D eigenvalue weighted by molar-refractivity contribution is -0.170. The fourth-order valence-electron chi connectivity index (χ4n) is 2.40. The molecule has 0 aliphatic rings. The number of carbonyl (C=O) groups excluding carboxylic acids is 1. The maximum absolute atomic E-state index is 12.3. The summed E-state index contributed by atoms with van der Waals surface area (Å²) in [6.07, 6.45) is 1.54. The van der Waals surface area contributed by atoms with Crippen LogP contribution in [0.5, 0.6) is 0 Å². The van der Waals surface area contributed by atoms with Crippen molar-refractivity contribution in [2.45, 2.75) is 47.1 Å². The second kappa shape index (κ2) is 7.19. The van der Waals surface area contributed by atoms with Gasteiger partial charge in [0.05, 0.1) is 6.61 Å². The molecule has 0 saturated heterocycles.